The number of nitrogens with zero attached hydrogens (tertiary/aromatic N) is 1. The highest BCUT2D eigenvalue weighted by molar-refractivity contribution is 5.88. The van der Waals surface area contributed by atoms with E-state index in [0.717, 1.165) is 0 Å². The molecule has 1 aromatic heterocycles. The summed E-state index contributed by atoms with van der Waals surface area (Å²) in [6.07, 6.45) is 3.96. The molecule has 0 aliphatic heterocycles. The summed E-state index contributed by atoms with van der Waals surface area (Å²) < 4.78 is 2.12. The lowest BCUT2D eigenvalue weighted by Crippen LogP contribution is -1.86. The molecule has 0 amide bonds. The van der Waals surface area contributed by atoms with E-state index < -0.39 is 0 Å². The molecule has 0 aliphatic carbocycles. The van der Waals surface area contributed by atoms with Crippen LogP contribution in [0.4, 0.5) is 0 Å². The second-order valence-corrected chi connectivity index (χ2v) is 2.92. The van der Waals surface area contributed by atoms with Crippen molar-refractivity contribution >= 4 is 17.0 Å². The second kappa shape index (κ2) is 2.52. The molecule has 1 aromatic carbocycles. The van der Waals surface area contributed by atoms with E-state index in [9.17, 15) is 0 Å². The Morgan fingerprint density at radius 3 is 2.92 bits per heavy atom. The molecule has 2 rings (SSSR count). The van der Waals surface area contributed by atoms with Crippen LogP contribution in [-0.2, 0) is 7.05 Å². The fourth-order valence-electron chi connectivity index (χ4n) is 1.55. The van der Waals surface area contributed by atoms with Gasteiger partial charge >= 0.3 is 0 Å². The van der Waals surface area contributed by atoms with Gasteiger partial charge in [-0.2, -0.15) is 0 Å². The van der Waals surface area contributed by atoms with Crippen molar-refractivity contribution in [3.05, 3.63) is 42.6 Å². The third-order valence-electron chi connectivity index (χ3n) is 2.15. The van der Waals surface area contributed by atoms with Crippen molar-refractivity contribution in [3.63, 3.8) is 0 Å². The fraction of sp³-hybridized carbons (Fsp3) is 0.0909. The third kappa shape index (κ3) is 0.866. The van der Waals surface area contributed by atoms with Crippen LogP contribution < -0.4 is 0 Å². The molecule has 60 valence electrons. The van der Waals surface area contributed by atoms with Crippen molar-refractivity contribution in [1.82, 2.24) is 4.57 Å². The average Bonchev–Trinajstić information content (AvgIpc) is 2.48. The topological polar surface area (TPSA) is 4.93 Å². The van der Waals surface area contributed by atoms with Crippen LogP contribution in [0.5, 0.6) is 0 Å². The Labute approximate surface area is 71.9 Å². The maximum atomic E-state index is 3.79. The lowest BCUT2D eigenvalue weighted by molar-refractivity contribution is 0.968. The molecule has 0 aliphatic rings. The first kappa shape index (κ1) is 7.17. The molecule has 0 spiro atoms. The summed E-state index contributed by atoms with van der Waals surface area (Å²) in [4.78, 5) is 0. The number of fused-ring (bicyclic) bond motifs is 1. The van der Waals surface area contributed by atoms with Crippen LogP contribution in [0, 0.1) is 0 Å². The van der Waals surface area contributed by atoms with Gasteiger partial charge in [-0.05, 0) is 11.6 Å². The zero-order valence-electron chi connectivity index (χ0n) is 7.12. The number of hydrogen-bond acceptors (Lipinski definition) is 0. The summed E-state index contributed by atoms with van der Waals surface area (Å²) in [6, 6.07) is 8.36. The lowest BCUT2D eigenvalue weighted by Gasteiger charge is -1.99. The first-order chi connectivity index (χ1) is 5.83. The Morgan fingerprint density at radius 1 is 1.33 bits per heavy atom. The van der Waals surface area contributed by atoms with Gasteiger partial charge in [0, 0.05) is 18.6 Å². The second-order valence-electron chi connectivity index (χ2n) is 2.92. The van der Waals surface area contributed by atoms with Gasteiger partial charge in [-0.3, -0.25) is 0 Å². The van der Waals surface area contributed by atoms with Gasteiger partial charge in [-0.25, -0.2) is 0 Å². The molecule has 0 unspecified atom stereocenters. The van der Waals surface area contributed by atoms with Crippen molar-refractivity contribution in [1.29, 1.82) is 0 Å². The summed E-state index contributed by atoms with van der Waals surface area (Å²) in [5.41, 5.74) is 2.45. The molecule has 0 saturated heterocycles. The van der Waals surface area contributed by atoms with Crippen molar-refractivity contribution in [2.24, 2.45) is 7.05 Å². The Hall–Kier alpha value is -1.50. The molecule has 0 bridgehead atoms. The average molecular weight is 157 g/mol. The summed E-state index contributed by atoms with van der Waals surface area (Å²) >= 11 is 0. The van der Waals surface area contributed by atoms with Crippen LogP contribution in [0.25, 0.3) is 17.0 Å². The first-order valence-electron chi connectivity index (χ1n) is 3.99. The lowest BCUT2D eigenvalue weighted by atomic mass is 10.1. The molecular weight excluding hydrogens is 146 g/mol. The van der Waals surface area contributed by atoms with Gasteiger partial charge in [0.1, 0.15) is 0 Å². The molecule has 1 nitrogen and oxygen atoms in total. The molecule has 1 heterocycles. The van der Waals surface area contributed by atoms with Crippen LogP contribution in [0.15, 0.2) is 37.0 Å². The fourth-order valence-corrected chi connectivity index (χ4v) is 1.55. The largest absolute Gasteiger partial charge is 0.350 e. The SMILES string of the molecule is C=Cc1cccc2ccn(C)c12. The predicted octanol–water partition coefficient (Wildman–Crippen LogP) is 2.82. The molecule has 1 heteroatoms. The van der Waals surface area contributed by atoms with Gasteiger partial charge in [0.15, 0.2) is 0 Å². The Balaban J connectivity index is 2.93. The summed E-state index contributed by atoms with van der Waals surface area (Å²) in [7, 11) is 2.05. The number of aromatic nitrogens is 1. The van der Waals surface area contributed by atoms with Crippen molar-refractivity contribution < 1.29 is 0 Å². The predicted molar refractivity (Wildman–Crippen MR) is 53.0 cm³/mol. The van der Waals surface area contributed by atoms with E-state index in [4.69, 9.17) is 0 Å². The number of hydrogen-bond donors (Lipinski definition) is 0. The Morgan fingerprint density at radius 2 is 2.17 bits per heavy atom. The molecular formula is C11H11N. The van der Waals surface area contributed by atoms with E-state index in [1.165, 1.54) is 16.5 Å². The normalized spacial score (nSPS) is 10.4. The number of aryl methyl sites for hydroxylation is 1. The molecule has 0 saturated carbocycles. The van der Waals surface area contributed by atoms with Gasteiger partial charge in [0.25, 0.3) is 0 Å². The highest BCUT2D eigenvalue weighted by atomic mass is 14.9. The highest BCUT2D eigenvalue weighted by Gasteiger charge is 1.99. The Bertz CT molecular complexity index is 423. The van der Waals surface area contributed by atoms with Crippen LogP contribution in [-0.4, -0.2) is 4.57 Å². The number of benzene rings is 1. The standard InChI is InChI=1S/C11H11N/c1-3-9-5-4-6-10-7-8-12(2)11(9)10/h3-8H,1H2,2H3. The van der Waals surface area contributed by atoms with E-state index in [0.29, 0.717) is 0 Å². The van der Waals surface area contributed by atoms with Crippen LogP contribution in [0.3, 0.4) is 0 Å². The Kier molecular flexibility index (Phi) is 1.51. The molecule has 0 atom stereocenters. The maximum Gasteiger partial charge on any atom is 0.0551 e. The zero-order valence-corrected chi connectivity index (χ0v) is 7.12. The van der Waals surface area contributed by atoms with Crippen molar-refractivity contribution in [2.45, 2.75) is 0 Å². The van der Waals surface area contributed by atoms with Crippen LogP contribution in [0.2, 0.25) is 0 Å². The molecule has 12 heavy (non-hydrogen) atoms. The minimum atomic E-state index is 1.19. The van der Waals surface area contributed by atoms with E-state index in [1.54, 1.807) is 0 Å². The van der Waals surface area contributed by atoms with Crippen LogP contribution >= 0.6 is 0 Å². The zero-order chi connectivity index (χ0) is 8.55. The van der Waals surface area contributed by atoms with Gasteiger partial charge in [0.05, 0.1) is 5.52 Å². The smallest absolute Gasteiger partial charge is 0.0551 e. The van der Waals surface area contributed by atoms with Gasteiger partial charge in [-0.1, -0.05) is 30.9 Å². The van der Waals surface area contributed by atoms with Gasteiger partial charge in [0.2, 0.25) is 0 Å². The van der Waals surface area contributed by atoms with E-state index in [2.05, 4.69) is 48.7 Å². The summed E-state index contributed by atoms with van der Waals surface area (Å²) in [6.45, 7) is 3.79. The molecule has 0 radical (unpaired) electrons. The molecule has 0 N–H and O–H groups in total. The first-order valence-corrected chi connectivity index (χ1v) is 3.99. The van der Waals surface area contributed by atoms with Gasteiger partial charge in [-0.15, -0.1) is 0 Å². The number of para-hydroxylation sites is 1. The highest BCUT2D eigenvalue weighted by Crippen LogP contribution is 2.19. The van der Waals surface area contributed by atoms with E-state index in [-0.39, 0.29) is 0 Å². The summed E-state index contributed by atoms with van der Waals surface area (Å²) in [5.74, 6) is 0. The minimum absolute atomic E-state index is 1.19. The number of rotatable bonds is 1. The quantitative estimate of drug-likeness (QED) is 0.600. The monoisotopic (exact) mass is 157 g/mol. The minimum Gasteiger partial charge on any atom is -0.350 e. The summed E-state index contributed by atoms with van der Waals surface area (Å²) in [5, 5.41) is 1.27. The molecule has 0 fully saturated rings. The molecule has 2 aromatic rings. The van der Waals surface area contributed by atoms with Crippen molar-refractivity contribution in [2.75, 3.05) is 0 Å². The third-order valence-corrected chi connectivity index (χ3v) is 2.15. The van der Waals surface area contributed by atoms with Gasteiger partial charge < -0.3 is 4.57 Å². The van der Waals surface area contributed by atoms with Crippen LogP contribution in [0.1, 0.15) is 5.56 Å². The maximum absolute atomic E-state index is 3.79. The van der Waals surface area contributed by atoms with E-state index >= 15 is 0 Å². The van der Waals surface area contributed by atoms with E-state index in [1.807, 2.05) is 6.08 Å². The van der Waals surface area contributed by atoms with Crippen molar-refractivity contribution in [3.8, 4) is 0 Å².